The SMILES string of the molecule is O=[C-]C1C=CC=C1.[Ti]. The molecule has 0 bridgehead atoms. The first kappa shape index (κ1) is 7.86. The fraction of sp³-hybridized carbons (Fsp3) is 0.167. The zero-order valence-electron chi connectivity index (χ0n) is 4.29. The molecule has 1 nitrogen and oxygen atoms in total. The van der Waals surface area contributed by atoms with Crippen LogP contribution < -0.4 is 0 Å². The number of carbonyl (C=O) groups excluding carboxylic acids is 1. The van der Waals surface area contributed by atoms with Gasteiger partial charge in [0.15, 0.2) is 0 Å². The molecule has 0 saturated carbocycles. The number of hydrogen-bond donors (Lipinski definition) is 0. The van der Waals surface area contributed by atoms with Crippen LogP contribution in [0.15, 0.2) is 24.3 Å². The molecule has 40 valence electrons. The van der Waals surface area contributed by atoms with Gasteiger partial charge in [0.05, 0.1) is 0 Å². The third-order valence-electron chi connectivity index (χ3n) is 0.884. The van der Waals surface area contributed by atoms with Gasteiger partial charge < -0.3 is 4.79 Å². The minimum absolute atomic E-state index is 0. The average molecular weight is 141 g/mol. The largest absolute Gasteiger partial charge is 0.541 e. The van der Waals surface area contributed by atoms with Crippen LogP contribution in [0, 0.1) is 5.92 Å². The summed E-state index contributed by atoms with van der Waals surface area (Å²) in [5, 5.41) is 0. The van der Waals surface area contributed by atoms with Gasteiger partial charge in [-0.3, -0.25) is 6.29 Å². The summed E-state index contributed by atoms with van der Waals surface area (Å²) in [6.45, 7) is 0. The zero-order chi connectivity index (χ0) is 5.11. The van der Waals surface area contributed by atoms with Crippen molar-refractivity contribution in [1.82, 2.24) is 0 Å². The van der Waals surface area contributed by atoms with Crippen LogP contribution >= 0.6 is 0 Å². The van der Waals surface area contributed by atoms with Gasteiger partial charge in [-0.05, 0) is 0 Å². The Morgan fingerprint density at radius 3 is 2.00 bits per heavy atom. The first-order chi connectivity index (χ1) is 3.43. The Labute approximate surface area is 63.3 Å². The summed E-state index contributed by atoms with van der Waals surface area (Å²) in [4.78, 5) is 9.78. The minimum Gasteiger partial charge on any atom is -0.541 e. The molecular weight excluding hydrogens is 136 g/mol. The summed E-state index contributed by atoms with van der Waals surface area (Å²) in [6, 6.07) is 0. The van der Waals surface area contributed by atoms with Crippen molar-refractivity contribution in [2.24, 2.45) is 5.92 Å². The molecule has 0 aromatic heterocycles. The maximum Gasteiger partial charge on any atom is 0 e. The molecule has 1 rings (SSSR count). The van der Waals surface area contributed by atoms with Crippen molar-refractivity contribution in [3.8, 4) is 0 Å². The summed E-state index contributed by atoms with van der Waals surface area (Å²) >= 11 is 0. The van der Waals surface area contributed by atoms with Crippen molar-refractivity contribution in [3.63, 3.8) is 0 Å². The van der Waals surface area contributed by atoms with E-state index in [1.807, 2.05) is 18.4 Å². The normalized spacial score (nSPS) is 16.0. The Hall–Kier alpha value is -0.136. The Balaban J connectivity index is 0.000000490. The fourth-order valence-corrected chi connectivity index (χ4v) is 0.510. The first-order valence-electron chi connectivity index (χ1n) is 2.16. The van der Waals surface area contributed by atoms with E-state index in [-0.39, 0.29) is 27.6 Å². The second kappa shape index (κ2) is 3.82. The van der Waals surface area contributed by atoms with Crippen LogP contribution in [-0.2, 0) is 26.5 Å². The molecule has 0 N–H and O–H groups in total. The van der Waals surface area contributed by atoms with Crippen LogP contribution in [-0.4, -0.2) is 6.29 Å². The van der Waals surface area contributed by atoms with E-state index >= 15 is 0 Å². The molecule has 0 amide bonds. The summed E-state index contributed by atoms with van der Waals surface area (Å²) < 4.78 is 0. The molecule has 0 radical (unpaired) electrons. The average Bonchev–Trinajstić information content (AvgIpc) is 2.14. The molecule has 0 saturated heterocycles. The van der Waals surface area contributed by atoms with Crippen LogP contribution in [0.4, 0.5) is 0 Å². The first-order valence-corrected chi connectivity index (χ1v) is 2.16. The quantitative estimate of drug-likeness (QED) is 0.390. The number of allylic oxidation sites excluding steroid dienone is 4. The Bertz CT molecular complexity index is 114. The number of rotatable bonds is 1. The van der Waals surface area contributed by atoms with Gasteiger partial charge in [-0.25, -0.2) is 0 Å². The Morgan fingerprint density at radius 2 is 1.75 bits per heavy atom. The van der Waals surface area contributed by atoms with Gasteiger partial charge >= 0.3 is 0 Å². The molecule has 0 aromatic rings. The van der Waals surface area contributed by atoms with Crippen LogP contribution in [0.5, 0.6) is 0 Å². The summed E-state index contributed by atoms with van der Waals surface area (Å²) in [5.41, 5.74) is 0. The van der Waals surface area contributed by atoms with Crippen molar-refractivity contribution < 1.29 is 26.5 Å². The van der Waals surface area contributed by atoms with Gasteiger partial charge in [0, 0.05) is 21.7 Å². The van der Waals surface area contributed by atoms with E-state index in [1.165, 1.54) is 0 Å². The monoisotopic (exact) mass is 141 g/mol. The molecule has 0 aliphatic heterocycles. The molecule has 2 heteroatoms. The van der Waals surface area contributed by atoms with E-state index in [0.717, 1.165) is 0 Å². The Morgan fingerprint density at radius 1 is 1.25 bits per heavy atom. The predicted molar refractivity (Wildman–Crippen MR) is 27.5 cm³/mol. The topological polar surface area (TPSA) is 17.1 Å². The summed E-state index contributed by atoms with van der Waals surface area (Å²) in [5.74, 6) is -0.0694. The van der Waals surface area contributed by atoms with Crippen LogP contribution in [0.1, 0.15) is 0 Å². The molecule has 0 unspecified atom stereocenters. The molecule has 0 aromatic carbocycles. The van der Waals surface area contributed by atoms with E-state index in [1.54, 1.807) is 12.2 Å². The molecule has 8 heavy (non-hydrogen) atoms. The molecule has 0 atom stereocenters. The standard InChI is InChI=1S/C6H5O.Ti/c7-5-6-3-1-2-4-6;/h1-4,6H;/q-1;. The minimum atomic E-state index is -0.0694. The van der Waals surface area contributed by atoms with E-state index < -0.39 is 0 Å². The van der Waals surface area contributed by atoms with Gasteiger partial charge in [0.2, 0.25) is 0 Å². The van der Waals surface area contributed by atoms with Gasteiger partial charge in [-0.15, -0.1) is 18.1 Å². The summed E-state index contributed by atoms with van der Waals surface area (Å²) in [7, 11) is 0. The predicted octanol–water partition coefficient (Wildman–Crippen LogP) is 0.836. The van der Waals surface area contributed by atoms with Gasteiger partial charge in [0.25, 0.3) is 0 Å². The van der Waals surface area contributed by atoms with E-state index in [0.29, 0.717) is 0 Å². The van der Waals surface area contributed by atoms with Gasteiger partial charge in [0.1, 0.15) is 0 Å². The maximum atomic E-state index is 9.78. The van der Waals surface area contributed by atoms with Crippen molar-refractivity contribution >= 4 is 6.29 Å². The summed E-state index contributed by atoms with van der Waals surface area (Å²) in [6.07, 6.45) is 9.12. The molecule has 1 aliphatic carbocycles. The van der Waals surface area contributed by atoms with Crippen molar-refractivity contribution in [3.05, 3.63) is 24.3 Å². The second-order valence-electron chi connectivity index (χ2n) is 1.41. The molecule has 0 heterocycles. The molecular formula is C6H5OTi-. The second-order valence-corrected chi connectivity index (χ2v) is 1.41. The van der Waals surface area contributed by atoms with Gasteiger partial charge in [-0.2, -0.15) is 0 Å². The van der Waals surface area contributed by atoms with E-state index in [2.05, 4.69) is 0 Å². The Kier molecular flexibility index (Phi) is 3.75. The van der Waals surface area contributed by atoms with E-state index in [4.69, 9.17) is 0 Å². The van der Waals surface area contributed by atoms with Crippen LogP contribution in [0.2, 0.25) is 0 Å². The molecule has 0 spiro atoms. The third kappa shape index (κ3) is 1.77. The molecule has 0 fully saturated rings. The van der Waals surface area contributed by atoms with Crippen LogP contribution in [0.3, 0.4) is 0 Å². The van der Waals surface area contributed by atoms with Crippen molar-refractivity contribution in [2.45, 2.75) is 0 Å². The molecule has 1 aliphatic rings. The van der Waals surface area contributed by atoms with Crippen molar-refractivity contribution in [2.75, 3.05) is 0 Å². The van der Waals surface area contributed by atoms with Crippen LogP contribution in [0.25, 0.3) is 0 Å². The van der Waals surface area contributed by atoms with Crippen molar-refractivity contribution in [1.29, 1.82) is 0 Å². The number of hydrogen-bond acceptors (Lipinski definition) is 1. The fourth-order valence-electron chi connectivity index (χ4n) is 0.510. The zero-order valence-corrected chi connectivity index (χ0v) is 5.86. The third-order valence-corrected chi connectivity index (χ3v) is 0.884. The smallest absolute Gasteiger partial charge is 0 e. The van der Waals surface area contributed by atoms with Gasteiger partial charge in [-0.1, -0.05) is 12.2 Å². The maximum absolute atomic E-state index is 9.78. The van der Waals surface area contributed by atoms with E-state index in [9.17, 15) is 4.79 Å².